The van der Waals surface area contributed by atoms with E-state index in [1.807, 2.05) is 0 Å². The van der Waals surface area contributed by atoms with Crippen LogP contribution in [0.15, 0.2) is 61.1 Å². The summed E-state index contributed by atoms with van der Waals surface area (Å²) in [6.45, 7) is 1.76. The van der Waals surface area contributed by atoms with Crippen LogP contribution in [0.4, 0.5) is 17.6 Å². The van der Waals surface area contributed by atoms with Gasteiger partial charge in [0.05, 0.1) is 23.3 Å². The first-order valence-corrected chi connectivity index (χ1v) is 8.23. The molecule has 0 saturated heterocycles. The maximum Gasteiger partial charge on any atom is 0.416 e. The average molecular weight is 387 g/mol. The maximum absolute atomic E-state index is 13.2. The summed E-state index contributed by atoms with van der Waals surface area (Å²) in [6.07, 6.45) is -1.21. The Morgan fingerprint density at radius 1 is 0.893 bits per heavy atom. The van der Waals surface area contributed by atoms with Crippen molar-refractivity contribution in [2.45, 2.75) is 13.1 Å². The van der Waals surface area contributed by atoms with E-state index in [4.69, 9.17) is 0 Å². The molecule has 5 nitrogen and oxygen atoms in total. The van der Waals surface area contributed by atoms with Crippen molar-refractivity contribution in [1.82, 2.24) is 24.5 Å². The second-order valence-corrected chi connectivity index (χ2v) is 6.12. The molecule has 0 spiro atoms. The van der Waals surface area contributed by atoms with E-state index >= 15 is 0 Å². The molecule has 0 aliphatic carbocycles. The summed E-state index contributed by atoms with van der Waals surface area (Å²) in [5.74, 6) is -0.367. The van der Waals surface area contributed by atoms with Gasteiger partial charge in [-0.3, -0.25) is 0 Å². The zero-order valence-electron chi connectivity index (χ0n) is 14.5. The van der Waals surface area contributed by atoms with E-state index < -0.39 is 11.7 Å². The molecule has 0 atom stereocenters. The van der Waals surface area contributed by atoms with Gasteiger partial charge in [-0.25, -0.2) is 14.1 Å². The van der Waals surface area contributed by atoms with Crippen LogP contribution in [0.25, 0.3) is 22.8 Å². The molecule has 0 fully saturated rings. The minimum Gasteiger partial charge on any atom is -0.306 e. The topological polar surface area (TPSA) is 48.5 Å². The number of hydrogen-bond donors (Lipinski definition) is 0. The summed E-state index contributed by atoms with van der Waals surface area (Å²) in [7, 11) is 0. The summed E-state index contributed by atoms with van der Waals surface area (Å²) in [6, 6.07) is 10.6. The zero-order valence-corrected chi connectivity index (χ0v) is 14.5. The Hall–Kier alpha value is -3.49. The van der Waals surface area contributed by atoms with E-state index in [9.17, 15) is 17.6 Å². The molecule has 142 valence electrons. The number of imidazole rings is 1. The third-order valence-electron chi connectivity index (χ3n) is 4.23. The molecule has 28 heavy (non-hydrogen) atoms. The summed E-state index contributed by atoms with van der Waals surface area (Å²) in [4.78, 5) is 4.34. The van der Waals surface area contributed by atoms with E-state index in [1.165, 1.54) is 35.3 Å². The second-order valence-electron chi connectivity index (χ2n) is 6.12. The van der Waals surface area contributed by atoms with Crippen molar-refractivity contribution >= 4 is 0 Å². The molecule has 0 radical (unpaired) electrons. The summed E-state index contributed by atoms with van der Waals surface area (Å²) in [5, 5.41) is 8.14. The van der Waals surface area contributed by atoms with Gasteiger partial charge in [-0.1, -0.05) is 5.21 Å². The maximum atomic E-state index is 13.2. The summed E-state index contributed by atoms with van der Waals surface area (Å²) < 4.78 is 54.5. The van der Waals surface area contributed by atoms with Crippen LogP contribution in [0.5, 0.6) is 0 Å². The molecule has 0 saturated carbocycles. The van der Waals surface area contributed by atoms with Crippen molar-refractivity contribution in [2.24, 2.45) is 0 Å². The lowest BCUT2D eigenvalue weighted by atomic mass is 10.2. The van der Waals surface area contributed by atoms with Gasteiger partial charge in [-0.15, -0.1) is 5.10 Å². The van der Waals surface area contributed by atoms with Crippen molar-refractivity contribution in [3.8, 4) is 22.8 Å². The third kappa shape index (κ3) is 3.26. The molecular formula is C19H13F4N5. The van der Waals surface area contributed by atoms with Gasteiger partial charge in [-0.05, 0) is 55.5 Å². The van der Waals surface area contributed by atoms with Gasteiger partial charge in [-0.2, -0.15) is 13.2 Å². The van der Waals surface area contributed by atoms with Gasteiger partial charge in [0, 0.05) is 11.9 Å². The molecule has 2 heterocycles. The molecule has 2 aromatic carbocycles. The molecule has 4 rings (SSSR count). The van der Waals surface area contributed by atoms with Crippen LogP contribution in [0.1, 0.15) is 11.3 Å². The van der Waals surface area contributed by atoms with E-state index in [0.29, 0.717) is 28.5 Å². The first-order valence-electron chi connectivity index (χ1n) is 8.23. The van der Waals surface area contributed by atoms with Crippen LogP contribution < -0.4 is 0 Å². The highest BCUT2D eigenvalue weighted by Gasteiger charge is 2.30. The standard InChI is InChI=1S/C19H13F4N5/c1-12-18(28(26-25-12)16-8-4-14(20)5-9-16)17-10-27(11-24-17)15-6-2-13(3-7-15)19(21,22)23/h2-11H,1H3. The smallest absolute Gasteiger partial charge is 0.306 e. The van der Waals surface area contributed by atoms with E-state index in [1.54, 1.807) is 29.8 Å². The Balaban J connectivity index is 1.71. The number of benzene rings is 2. The Kier molecular flexibility index (Phi) is 4.21. The number of halogens is 4. The number of aromatic nitrogens is 5. The molecule has 2 aromatic heterocycles. The molecule has 0 N–H and O–H groups in total. The highest BCUT2D eigenvalue weighted by atomic mass is 19.4. The predicted octanol–water partition coefficient (Wildman–Crippen LogP) is 4.59. The summed E-state index contributed by atoms with van der Waals surface area (Å²) in [5.41, 5.74) is 2.18. The minimum absolute atomic E-state index is 0.367. The van der Waals surface area contributed by atoms with Crippen LogP contribution in [0.3, 0.4) is 0 Å². The first-order chi connectivity index (χ1) is 13.3. The van der Waals surface area contributed by atoms with Crippen molar-refractivity contribution in [1.29, 1.82) is 0 Å². The van der Waals surface area contributed by atoms with Crippen molar-refractivity contribution in [3.63, 3.8) is 0 Å². The van der Waals surface area contributed by atoms with Crippen LogP contribution in [-0.2, 0) is 6.18 Å². The largest absolute Gasteiger partial charge is 0.416 e. The molecule has 0 aliphatic rings. The number of aryl methyl sites for hydroxylation is 1. The van der Waals surface area contributed by atoms with Gasteiger partial charge < -0.3 is 4.57 Å². The SMILES string of the molecule is Cc1nnn(-c2ccc(F)cc2)c1-c1cn(-c2ccc(C(F)(F)F)cc2)cn1. The lowest BCUT2D eigenvalue weighted by Gasteiger charge is -2.08. The highest BCUT2D eigenvalue weighted by Crippen LogP contribution is 2.30. The van der Waals surface area contributed by atoms with Crippen molar-refractivity contribution in [2.75, 3.05) is 0 Å². The predicted molar refractivity (Wildman–Crippen MR) is 93.6 cm³/mol. The Morgan fingerprint density at radius 3 is 2.18 bits per heavy atom. The number of nitrogens with zero attached hydrogens (tertiary/aromatic N) is 5. The van der Waals surface area contributed by atoms with Gasteiger partial charge in [0.15, 0.2) is 0 Å². The first kappa shape index (κ1) is 17.9. The Morgan fingerprint density at radius 2 is 1.54 bits per heavy atom. The second kappa shape index (κ2) is 6.59. The molecular weight excluding hydrogens is 374 g/mol. The lowest BCUT2D eigenvalue weighted by molar-refractivity contribution is -0.137. The molecule has 9 heteroatoms. The van der Waals surface area contributed by atoms with E-state index in [2.05, 4.69) is 15.3 Å². The molecule has 0 amide bonds. The van der Waals surface area contributed by atoms with E-state index in [0.717, 1.165) is 12.1 Å². The number of hydrogen-bond acceptors (Lipinski definition) is 3. The quantitative estimate of drug-likeness (QED) is 0.483. The monoisotopic (exact) mass is 387 g/mol. The number of alkyl halides is 3. The average Bonchev–Trinajstić information content (AvgIpc) is 3.28. The van der Waals surface area contributed by atoms with Gasteiger partial charge >= 0.3 is 6.18 Å². The molecule has 4 aromatic rings. The van der Waals surface area contributed by atoms with Crippen molar-refractivity contribution < 1.29 is 17.6 Å². The highest BCUT2D eigenvalue weighted by molar-refractivity contribution is 5.60. The fourth-order valence-corrected chi connectivity index (χ4v) is 2.82. The van der Waals surface area contributed by atoms with Crippen LogP contribution in [0, 0.1) is 12.7 Å². The molecule has 0 aliphatic heterocycles. The Labute approximate surface area is 156 Å². The van der Waals surface area contributed by atoms with Gasteiger partial charge in [0.25, 0.3) is 0 Å². The van der Waals surface area contributed by atoms with Crippen LogP contribution >= 0.6 is 0 Å². The van der Waals surface area contributed by atoms with Crippen LogP contribution in [-0.4, -0.2) is 24.5 Å². The van der Waals surface area contributed by atoms with Gasteiger partial charge in [0.2, 0.25) is 0 Å². The van der Waals surface area contributed by atoms with Crippen LogP contribution in [0.2, 0.25) is 0 Å². The van der Waals surface area contributed by atoms with Crippen molar-refractivity contribution in [3.05, 3.63) is 78.1 Å². The summed E-state index contributed by atoms with van der Waals surface area (Å²) >= 11 is 0. The Bertz CT molecular complexity index is 1110. The third-order valence-corrected chi connectivity index (χ3v) is 4.23. The fourth-order valence-electron chi connectivity index (χ4n) is 2.82. The zero-order chi connectivity index (χ0) is 19.9. The molecule has 0 unspecified atom stereocenters. The van der Waals surface area contributed by atoms with Gasteiger partial charge in [0.1, 0.15) is 17.2 Å². The molecule has 0 bridgehead atoms. The van der Waals surface area contributed by atoms with E-state index in [-0.39, 0.29) is 5.82 Å². The normalized spacial score (nSPS) is 11.8. The minimum atomic E-state index is -4.39. The fraction of sp³-hybridized carbons (Fsp3) is 0.105. The lowest BCUT2D eigenvalue weighted by Crippen LogP contribution is -2.04. The number of rotatable bonds is 3.